The molecule has 0 bridgehead atoms. The first-order valence-electron chi connectivity index (χ1n) is 5.91. The minimum absolute atomic E-state index is 0.0886. The molecule has 0 spiro atoms. The average Bonchev–Trinajstić information content (AvgIpc) is 2.41. The quantitative estimate of drug-likeness (QED) is 0.643. The van der Waals surface area contributed by atoms with E-state index in [0.29, 0.717) is 0 Å². The number of aryl methyl sites for hydroxylation is 1. The lowest BCUT2D eigenvalue weighted by Crippen LogP contribution is -2.28. The van der Waals surface area contributed by atoms with Crippen LogP contribution in [0.5, 0.6) is 0 Å². The maximum atomic E-state index is 5.98. The van der Waals surface area contributed by atoms with Gasteiger partial charge in [-0.1, -0.05) is 29.8 Å². The van der Waals surface area contributed by atoms with E-state index in [4.69, 9.17) is 17.4 Å². The van der Waals surface area contributed by atoms with Crippen LogP contribution in [0, 0.1) is 0 Å². The standard InChI is InChI=1S/C14H16ClN3/c15-12-5-3-4-11(10-12)14(18-16)8-7-13-6-1-2-9-17-13/h1-6,9-10,14,18H,7-8,16H2. The molecule has 1 heterocycles. The molecule has 0 aliphatic carbocycles. The Morgan fingerprint density at radius 3 is 2.78 bits per heavy atom. The fourth-order valence-electron chi connectivity index (χ4n) is 1.91. The predicted octanol–water partition coefficient (Wildman–Crippen LogP) is 2.87. The Morgan fingerprint density at radius 1 is 1.22 bits per heavy atom. The zero-order chi connectivity index (χ0) is 12.8. The maximum absolute atomic E-state index is 5.98. The van der Waals surface area contributed by atoms with Gasteiger partial charge in [-0.3, -0.25) is 16.3 Å². The summed E-state index contributed by atoms with van der Waals surface area (Å²) in [5.41, 5.74) is 5.00. The average molecular weight is 262 g/mol. The fourth-order valence-corrected chi connectivity index (χ4v) is 2.11. The van der Waals surface area contributed by atoms with E-state index in [1.54, 1.807) is 6.20 Å². The zero-order valence-electron chi connectivity index (χ0n) is 10.0. The second-order valence-corrected chi connectivity index (χ2v) is 4.57. The van der Waals surface area contributed by atoms with Gasteiger partial charge in [-0.25, -0.2) is 0 Å². The molecule has 2 aromatic rings. The zero-order valence-corrected chi connectivity index (χ0v) is 10.8. The highest BCUT2D eigenvalue weighted by molar-refractivity contribution is 6.30. The number of nitrogens with zero attached hydrogens (tertiary/aromatic N) is 1. The normalized spacial score (nSPS) is 12.3. The van der Waals surface area contributed by atoms with Gasteiger partial charge >= 0.3 is 0 Å². The van der Waals surface area contributed by atoms with Gasteiger partial charge < -0.3 is 0 Å². The Morgan fingerprint density at radius 2 is 2.11 bits per heavy atom. The van der Waals surface area contributed by atoms with Gasteiger partial charge in [0.25, 0.3) is 0 Å². The van der Waals surface area contributed by atoms with E-state index in [1.165, 1.54) is 0 Å². The van der Waals surface area contributed by atoms with Crippen LogP contribution in [-0.2, 0) is 6.42 Å². The first kappa shape index (κ1) is 13.0. The van der Waals surface area contributed by atoms with Crippen molar-refractivity contribution in [1.82, 2.24) is 10.4 Å². The molecule has 2 rings (SSSR count). The van der Waals surface area contributed by atoms with Crippen molar-refractivity contribution in [3.63, 3.8) is 0 Å². The van der Waals surface area contributed by atoms with Crippen LogP contribution in [-0.4, -0.2) is 4.98 Å². The lowest BCUT2D eigenvalue weighted by Gasteiger charge is -2.16. The van der Waals surface area contributed by atoms with Crippen molar-refractivity contribution in [2.75, 3.05) is 0 Å². The summed E-state index contributed by atoms with van der Waals surface area (Å²) >= 11 is 5.98. The minimum Gasteiger partial charge on any atom is -0.271 e. The van der Waals surface area contributed by atoms with Crippen LogP contribution in [0.1, 0.15) is 23.7 Å². The van der Waals surface area contributed by atoms with Crippen LogP contribution in [0.4, 0.5) is 0 Å². The number of hydrogen-bond donors (Lipinski definition) is 2. The monoisotopic (exact) mass is 261 g/mol. The van der Waals surface area contributed by atoms with E-state index < -0.39 is 0 Å². The smallest absolute Gasteiger partial charge is 0.0464 e. The summed E-state index contributed by atoms with van der Waals surface area (Å²) in [7, 11) is 0. The number of halogens is 1. The lowest BCUT2D eigenvalue weighted by atomic mass is 10.0. The molecule has 3 nitrogen and oxygen atoms in total. The Balaban J connectivity index is 2.02. The molecule has 0 amide bonds. The van der Waals surface area contributed by atoms with Crippen LogP contribution >= 0.6 is 11.6 Å². The van der Waals surface area contributed by atoms with E-state index >= 15 is 0 Å². The van der Waals surface area contributed by atoms with Crippen LogP contribution in [0.2, 0.25) is 5.02 Å². The second kappa shape index (κ2) is 6.50. The molecule has 0 saturated carbocycles. The number of nitrogens with one attached hydrogen (secondary N) is 1. The fraction of sp³-hybridized carbons (Fsp3) is 0.214. The molecule has 0 saturated heterocycles. The van der Waals surface area contributed by atoms with Gasteiger partial charge in [0.2, 0.25) is 0 Å². The summed E-state index contributed by atoms with van der Waals surface area (Å²) in [6.45, 7) is 0. The molecule has 18 heavy (non-hydrogen) atoms. The molecular weight excluding hydrogens is 246 g/mol. The number of hydrazine groups is 1. The van der Waals surface area contributed by atoms with Crippen molar-refractivity contribution >= 4 is 11.6 Å². The number of aromatic nitrogens is 1. The van der Waals surface area contributed by atoms with Gasteiger partial charge in [0, 0.05) is 23.0 Å². The van der Waals surface area contributed by atoms with Crippen molar-refractivity contribution in [3.8, 4) is 0 Å². The molecule has 94 valence electrons. The summed E-state index contributed by atoms with van der Waals surface area (Å²) in [5.74, 6) is 5.61. The highest BCUT2D eigenvalue weighted by Crippen LogP contribution is 2.21. The van der Waals surface area contributed by atoms with E-state index in [9.17, 15) is 0 Å². The summed E-state index contributed by atoms with van der Waals surface area (Å²) in [6.07, 6.45) is 3.57. The molecule has 3 N–H and O–H groups in total. The molecule has 1 aromatic heterocycles. The number of hydrogen-bond acceptors (Lipinski definition) is 3. The molecule has 0 radical (unpaired) electrons. The third kappa shape index (κ3) is 3.53. The first-order valence-corrected chi connectivity index (χ1v) is 6.29. The van der Waals surface area contributed by atoms with Gasteiger partial charge in [0.05, 0.1) is 0 Å². The largest absolute Gasteiger partial charge is 0.271 e. The predicted molar refractivity (Wildman–Crippen MR) is 74.1 cm³/mol. The molecule has 1 aromatic carbocycles. The number of pyridine rings is 1. The van der Waals surface area contributed by atoms with Crippen LogP contribution in [0.3, 0.4) is 0 Å². The highest BCUT2D eigenvalue weighted by Gasteiger charge is 2.10. The minimum atomic E-state index is 0.0886. The molecule has 1 atom stereocenters. The van der Waals surface area contributed by atoms with Gasteiger partial charge in [-0.05, 0) is 42.7 Å². The Kier molecular flexibility index (Phi) is 4.70. The highest BCUT2D eigenvalue weighted by atomic mass is 35.5. The van der Waals surface area contributed by atoms with E-state index in [0.717, 1.165) is 29.1 Å². The summed E-state index contributed by atoms with van der Waals surface area (Å²) < 4.78 is 0. The van der Waals surface area contributed by atoms with E-state index in [-0.39, 0.29) is 6.04 Å². The third-order valence-electron chi connectivity index (χ3n) is 2.87. The van der Waals surface area contributed by atoms with Gasteiger partial charge in [0.15, 0.2) is 0 Å². The third-order valence-corrected chi connectivity index (χ3v) is 3.10. The SMILES string of the molecule is NNC(CCc1ccccn1)c1cccc(Cl)c1. The van der Waals surface area contributed by atoms with Crippen LogP contribution in [0.25, 0.3) is 0 Å². The Hall–Kier alpha value is -1.42. The molecule has 1 unspecified atom stereocenters. The maximum Gasteiger partial charge on any atom is 0.0464 e. The van der Waals surface area contributed by atoms with Crippen LogP contribution in [0.15, 0.2) is 48.7 Å². The van der Waals surface area contributed by atoms with Gasteiger partial charge in [-0.15, -0.1) is 0 Å². The lowest BCUT2D eigenvalue weighted by molar-refractivity contribution is 0.514. The summed E-state index contributed by atoms with van der Waals surface area (Å²) in [6, 6.07) is 13.8. The van der Waals surface area contributed by atoms with Crippen molar-refractivity contribution in [2.45, 2.75) is 18.9 Å². The molecular formula is C14H16ClN3. The number of rotatable bonds is 5. The van der Waals surface area contributed by atoms with Crippen molar-refractivity contribution in [1.29, 1.82) is 0 Å². The molecule has 0 fully saturated rings. The summed E-state index contributed by atoms with van der Waals surface area (Å²) in [5, 5.41) is 0.727. The van der Waals surface area contributed by atoms with Crippen molar-refractivity contribution < 1.29 is 0 Å². The van der Waals surface area contributed by atoms with Crippen molar-refractivity contribution in [2.24, 2.45) is 5.84 Å². The van der Waals surface area contributed by atoms with Crippen LogP contribution < -0.4 is 11.3 Å². The molecule has 4 heteroatoms. The van der Waals surface area contributed by atoms with E-state index in [1.807, 2.05) is 42.5 Å². The van der Waals surface area contributed by atoms with Crippen molar-refractivity contribution in [3.05, 3.63) is 64.9 Å². The number of nitrogens with two attached hydrogens (primary N) is 1. The molecule has 0 aliphatic rings. The first-order chi connectivity index (χ1) is 8.79. The topological polar surface area (TPSA) is 50.9 Å². The molecule has 0 aliphatic heterocycles. The second-order valence-electron chi connectivity index (χ2n) is 4.13. The van der Waals surface area contributed by atoms with Gasteiger partial charge in [0.1, 0.15) is 0 Å². The Bertz CT molecular complexity index is 487. The Labute approximate surface area is 112 Å². The number of benzene rings is 1. The van der Waals surface area contributed by atoms with E-state index in [2.05, 4.69) is 10.4 Å². The van der Waals surface area contributed by atoms with Gasteiger partial charge in [-0.2, -0.15) is 0 Å². The summed E-state index contributed by atoms with van der Waals surface area (Å²) in [4.78, 5) is 4.30.